The molecule has 2 heterocycles. The minimum atomic E-state index is -1.26. The molecule has 48 heavy (non-hydrogen) atoms. The molecule has 6 rings (SSSR count). The number of hydrogen-bond donors (Lipinski definition) is 2. The summed E-state index contributed by atoms with van der Waals surface area (Å²) in [6.07, 6.45) is -1.05. The number of hydrogen-bond acceptors (Lipinski definition) is 7. The highest BCUT2D eigenvalue weighted by Gasteiger charge is 2.47. The minimum absolute atomic E-state index is 0.0241. The smallest absolute Gasteiger partial charge is 0.419 e. The lowest BCUT2D eigenvalue weighted by molar-refractivity contribution is -0.159. The molecule has 0 saturated carbocycles. The summed E-state index contributed by atoms with van der Waals surface area (Å²) in [5.74, 6) is -1.93. The third-order valence-electron chi connectivity index (χ3n) is 8.71. The van der Waals surface area contributed by atoms with E-state index in [2.05, 4.69) is 5.32 Å². The summed E-state index contributed by atoms with van der Waals surface area (Å²) in [5.41, 5.74) is 3.43. The number of carboxylic acids is 1. The zero-order chi connectivity index (χ0) is 34.4. The number of carboxylic acid groups (broad SMARTS) is 1. The van der Waals surface area contributed by atoms with Gasteiger partial charge < -0.3 is 29.5 Å². The van der Waals surface area contributed by atoms with E-state index in [4.69, 9.17) is 14.2 Å². The Bertz CT molecular complexity index is 1860. The molecule has 11 heteroatoms. The van der Waals surface area contributed by atoms with Crippen molar-refractivity contribution in [3.8, 4) is 11.1 Å². The zero-order valence-corrected chi connectivity index (χ0v) is 27.6. The van der Waals surface area contributed by atoms with Crippen LogP contribution in [0.5, 0.6) is 0 Å². The Balaban J connectivity index is 1.28. The number of aromatic nitrogens is 1. The minimum Gasteiger partial charge on any atom is -0.479 e. The van der Waals surface area contributed by atoms with Crippen LogP contribution in [-0.4, -0.2) is 75.3 Å². The van der Waals surface area contributed by atoms with Crippen LogP contribution in [0.1, 0.15) is 57.2 Å². The molecule has 1 saturated heterocycles. The largest absolute Gasteiger partial charge is 0.479 e. The Morgan fingerprint density at radius 2 is 1.56 bits per heavy atom. The topological polar surface area (TPSA) is 136 Å². The van der Waals surface area contributed by atoms with Crippen LogP contribution < -0.4 is 5.32 Å². The molecule has 250 valence electrons. The molecule has 2 aliphatic rings. The number of carbonyl (C=O) groups excluding carboxylic acids is 3. The first-order chi connectivity index (χ1) is 22.7. The summed E-state index contributed by atoms with van der Waals surface area (Å²) in [4.78, 5) is 54.0. The van der Waals surface area contributed by atoms with Crippen LogP contribution in [-0.2, 0) is 30.2 Å². The molecule has 2 N–H and O–H groups in total. The molecule has 0 bridgehead atoms. The fourth-order valence-electron chi connectivity index (χ4n) is 6.58. The molecule has 1 aliphatic heterocycles. The Hall–Kier alpha value is -5.16. The average molecular weight is 654 g/mol. The molecule has 0 unspecified atom stereocenters. The van der Waals surface area contributed by atoms with E-state index in [0.717, 1.165) is 22.3 Å². The van der Waals surface area contributed by atoms with Gasteiger partial charge >= 0.3 is 18.2 Å². The summed E-state index contributed by atoms with van der Waals surface area (Å²) >= 11 is 0. The van der Waals surface area contributed by atoms with Gasteiger partial charge in [0.1, 0.15) is 24.0 Å². The van der Waals surface area contributed by atoms with Gasteiger partial charge in [-0.25, -0.2) is 14.4 Å². The van der Waals surface area contributed by atoms with Gasteiger partial charge in [-0.15, -0.1) is 0 Å². The highest BCUT2D eigenvalue weighted by Crippen LogP contribution is 2.44. The summed E-state index contributed by atoms with van der Waals surface area (Å²) in [7, 11) is 0. The summed E-state index contributed by atoms with van der Waals surface area (Å²) in [5, 5.41) is 13.1. The van der Waals surface area contributed by atoms with Crippen LogP contribution in [0.3, 0.4) is 0 Å². The number of fused-ring (bicyclic) bond motifs is 4. The number of alkyl carbamates (subject to hydrolysis) is 1. The molecule has 0 spiro atoms. The van der Waals surface area contributed by atoms with Gasteiger partial charge in [0.2, 0.25) is 5.91 Å². The van der Waals surface area contributed by atoms with E-state index in [1.54, 1.807) is 52.9 Å². The molecule has 2 amide bonds. The van der Waals surface area contributed by atoms with E-state index in [9.17, 15) is 24.3 Å². The summed E-state index contributed by atoms with van der Waals surface area (Å²) in [6.45, 7) is 8.36. The number of nitrogens with one attached hydrogen (secondary N) is 1. The average Bonchev–Trinajstić information content (AvgIpc) is 3.67. The Morgan fingerprint density at radius 1 is 0.958 bits per heavy atom. The normalized spacial score (nSPS) is 17.4. The molecule has 11 nitrogen and oxygen atoms in total. The van der Waals surface area contributed by atoms with Gasteiger partial charge in [-0.05, 0) is 68.5 Å². The molecular formula is C37H39N3O8. The van der Waals surface area contributed by atoms with Crippen molar-refractivity contribution in [3.05, 3.63) is 95.7 Å². The van der Waals surface area contributed by atoms with Gasteiger partial charge in [0.25, 0.3) is 0 Å². The molecule has 1 aliphatic carbocycles. The van der Waals surface area contributed by atoms with Gasteiger partial charge in [0.05, 0.1) is 12.1 Å². The van der Waals surface area contributed by atoms with E-state index in [-0.39, 0.29) is 25.5 Å². The quantitative estimate of drug-likeness (QED) is 0.251. The number of benzene rings is 3. The van der Waals surface area contributed by atoms with Gasteiger partial charge in [0.15, 0.2) is 6.10 Å². The number of aliphatic carboxylic acids is 1. The second-order valence-electron chi connectivity index (χ2n) is 13.6. The second-order valence-corrected chi connectivity index (χ2v) is 13.6. The summed E-state index contributed by atoms with van der Waals surface area (Å²) < 4.78 is 18.5. The SMILES string of the molecule is CC(C)(C)OC(=O)n1cc(C[C@H](NC(=O)OCC2c3ccccc3-c3ccccc32)C(=O)N2C[C@@H](C(=O)O)OC2(C)C)c2ccccc21. The first kappa shape index (κ1) is 32.8. The van der Waals surface area contributed by atoms with Gasteiger partial charge in [-0.1, -0.05) is 66.7 Å². The van der Waals surface area contributed by atoms with Crippen LogP contribution in [0.25, 0.3) is 22.0 Å². The molecule has 1 aromatic heterocycles. The van der Waals surface area contributed by atoms with E-state index >= 15 is 0 Å². The number of amides is 2. The highest BCUT2D eigenvalue weighted by molar-refractivity contribution is 5.93. The number of carbonyl (C=O) groups is 4. The van der Waals surface area contributed by atoms with Gasteiger partial charge in [0, 0.05) is 23.9 Å². The van der Waals surface area contributed by atoms with Crippen molar-refractivity contribution < 1.29 is 38.5 Å². The van der Waals surface area contributed by atoms with E-state index in [1.165, 1.54) is 9.47 Å². The predicted octanol–water partition coefficient (Wildman–Crippen LogP) is 5.92. The Morgan fingerprint density at radius 3 is 2.17 bits per heavy atom. The van der Waals surface area contributed by atoms with E-state index in [1.807, 2.05) is 60.7 Å². The number of nitrogens with zero attached hydrogens (tertiary/aromatic N) is 2. The summed E-state index contributed by atoms with van der Waals surface area (Å²) in [6, 6.07) is 22.0. The first-order valence-electron chi connectivity index (χ1n) is 15.9. The fraction of sp³-hybridized carbons (Fsp3) is 0.351. The maximum absolute atomic E-state index is 14.2. The fourth-order valence-corrected chi connectivity index (χ4v) is 6.58. The van der Waals surface area contributed by atoms with Crippen molar-refractivity contribution in [2.75, 3.05) is 13.2 Å². The molecule has 4 aromatic rings. The Kier molecular flexibility index (Phi) is 8.51. The number of ether oxygens (including phenoxy) is 3. The van der Waals surface area contributed by atoms with Gasteiger partial charge in [-0.2, -0.15) is 0 Å². The van der Waals surface area contributed by atoms with Crippen molar-refractivity contribution in [2.24, 2.45) is 0 Å². The molecule has 2 atom stereocenters. The lowest BCUT2D eigenvalue weighted by Crippen LogP contribution is -2.54. The van der Waals surface area contributed by atoms with Gasteiger partial charge in [-0.3, -0.25) is 9.36 Å². The van der Waals surface area contributed by atoms with Crippen LogP contribution in [0, 0.1) is 0 Å². The molecule has 3 aromatic carbocycles. The second kappa shape index (κ2) is 12.5. The van der Waals surface area contributed by atoms with E-state index in [0.29, 0.717) is 16.5 Å². The Labute approximate surface area is 278 Å². The third-order valence-corrected chi connectivity index (χ3v) is 8.71. The predicted molar refractivity (Wildman–Crippen MR) is 178 cm³/mol. The van der Waals surface area contributed by atoms with Crippen LogP contribution in [0.4, 0.5) is 9.59 Å². The van der Waals surface area contributed by atoms with Crippen molar-refractivity contribution in [1.29, 1.82) is 0 Å². The standard InChI is InChI=1S/C37H39N3O8/c1-36(2,3)48-35(45)39-19-22(23-12-10-11-17-30(23)39)18-29(32(41)40-20-31(33(42)43)47-37(40,4)5)38-34(44)46-21-28-26-15-8-6-13-24(26)25-14-7-9-16-27(25)28/h6-17,19,28-29,31H,18,20-21H2,1-5H3,(H,38,44)(H,42,43)/t29-,31-/m0/s1. The lowest BCUT2D eigenvalue weighted by Gasteiger charge is -2.32. The van der Waals surface area contributed by atoms with Crippen LogP contribution >= 0.6 is 0 Å². The van der Waals surface area contributed by atoms with Crippen molar-refractivity contribution in [3.63, 3.8) is 0 Å². The van der Waals surface area contributed by atoms with Crippen molar-refractivity contribution in [1.82, 2.24) is 14.8 Å². The monoisotopic (exact) mass is 653 g/mol. The number of rotatable bonds is 7. The van der Waals surface area contributed by atoms with Crippen LogP contribution in [0.2, 0.25) is 0 Å². The lowest BCUT2D eigenvalue weighted by atomic mass is 9.98. The third kappa shape index (κ3) is 6.37. The first-order valence-corrected chi connectivity index (χ1v) is 15.9. The van der Waals surface area contributed by atoms with Crippen molar-refractivity contribution in [2.45, 2.75) is 70.4 Å². The molecule has 1 fully saturated rings. The van der Waals surface area contributed by atoms with Crippen molar-refractivity contribution >= 4 is 35.0 Å². The maximum atomic E-state index is 14.2. The zero-order valence-electron chi connectivity index (χ0n) is 27.6. The molecule has 0 radical (unpaired) electrons. The maximum Gasteiger partial charge on any atom is 0.419 e. The molecular weight excluding hydrogens is 614 g/mol. The highest BCUT2D eigenvalue weighted by atomic mass is 16.6. The number of para-hydroxylation sites is 1. The van der Waals surface area contributed by atoms with Crippen LogP contribution in [0.15, 0.2) is 79.0 Å². The van der Waals surface area contributed by atoms with E-state index < -0.39 is 47.5 Å².